The molecule has 0 atom stereocenters. The second-order valence-electron chi connectivity index (χ2n) is 4.91. The lowest BCUT2D eigenvalue weighted by Crippen LogP contribution is -2.27. The Hall–Kier alpha value is -2.54. The molecule has 0 aliphatic carbocycles. The summed E-state index contributed by atoms with van der Waals surface area (Å²) in [6.45, 7) is 1.61. The SMILES string of the molecule is COC(=O)C1=C(C(=O)OC)N(c2cc(F)c(C)cc2S)C=CC=C1. The van der Waals surface area contributed by atoms with Crippen molar-refractivity contribution in [3.63, 3.8) is 0 Å². The summed E-state index contributed by atoms with van der Waals surface area (Å²) < 4.78 is 23.5. The van der Waals surface area contributed by atoms with Crippen LogP contribution in [0.2, 0.25) is 0 Å². The number of thiol groups is 1. The van der Waals surface area contributed by atoms with Gasteiger partial charge >= 0.3 is 11.9 Å². The number of hydrogen-bond donors (Lipinski definition) is 1. The zero-order chi connectivity index (χ0) is 17.9. The Morgan fingerprint density at radius 2 is 1.79 bits per heavy atom. The Balaban J connectivity index is 2.72. The second-order valence-corrected chi connectivity index (χ2v) is 5.39. The molecule has 7 heteroatoms. The Morgan fingerprint density at radius 3 is 2.42 bits per heavy atom. The zero-order valence-electron chi connectivity index (χ0n) is 13.4. The van der Waals surface area contributed by atoms with Crippen LogP contribution in [0.4, 0.5) is 10.1 Å². The molecule has 1 aliphatic rings. The van der Waals surface area contributed by atoms with Crippen molar-refractivity contribution in [3.8, 4) is 0 Å². The fraction of sp³-hybridized carbons (Fsp3) is 0.176. The molecular weight excluding hydrogens is 333 g/mol. The Bertz CT molecular complexity index is 783. The standard InChI is InChI=1S/C17H16FNO4S/c1-10-8-14(24)13(9-12(10)18)19-7-5-4-6-11(16(20)22-2)15(19)17(21)23-3/h4-9,24H,1-3H3. The van der Waals surface area contributed by atoms with Crippen molar-refractivity contribution in [2.75, 3.05) is 19.1 Å². The zero-order valence-corrected chi connectivity index (χ0v) is 14.3. The van der Waals surface area contributed by atoms with Crippen molar-refractivity contribution >= 4 is 30.3 Å². The summed E-state index contributed by atoms with van der Waals surface area (Å²) in [6, 6.07) is 2.78. The van der Waals surface area contributed by atoms with E-state index >= 15 is 0 Å². The molecule has 0 unspecified atom stereocenters. The van der Waals surface area contributed by atoms with Crippen LogP contribution in [-0.4, -0.2) is 26.2 Å². The third-order valence-electron chi connectivity index (χ3n) is 3.40. The first-order chi connectivity index (χ1) is 11.4. The number of nitrogens with zero attached hydrogens (tertiary/aromatic N) is 1. The van der Waals surface area contributed by atoms with Crippen LogP contribution in [-0.2, 0) is 19.1 Å². The van der Waals surface area contributed by atoms with Crippen molar-refractivity contribution in [2.24, 2.45) is 0 Å². The number of esters is 2. The molecule has 0 spiro atoms. The van der Waals surface area contributed by atoms with Crippen molar-refractivity contribution in [1.82, 2.24) is 0 Å². The minimum Gasteiger partial charge on any atom is -0.465 e. The number of hydrogen-bond acceptors (Lipinski definition) is 6. The third kappa shape index (κ3) is 3.35. The molecule has 5 nitrogen and oxygen atoms in total. The van der Waals surface area contributed by atoms with Gasteiger partial charge in [-0.2, -0.15) is 0 Å². The second kappa shape index (κ2) is 7.35. The minimum atomic E-state index is -0.764. The van der Waals surface area contributed by atoms with Gasteiger partial charge in [0.2, 0.25) is 0 Å². The van der Waals surface area contributed by atoms with Crippen LogP contribution in [0.3, 0.4) is 0 Å². The number of anilines is 1. The first kappa shape index (κ1) is 17.8. The number of ether oxygens (including phenoxy) is 2. The van der Waals surface area contributed by atoms with E-state index < -0.39 is 17.8 Å². The Kier molecular flexibility index (Phi) is 5.46. The number of allylic oxidation sites excluding steroid dienone is 2. The lowest BCUT2D eigenvalue weighted by atomic mass is 10.1. The Morgan fingerprint density at radius 1 is 1.12 bits per heavy atom. The van der Waals surface area contributed by atoms with E-state index in [9.17, 15) is 14.0 Å². The summed E-state index contributed by atoms with van der Waals surface area (Å²) in [4.78, 5) is 26.1. The molecule has 0 saturated heterocycles. The summed E-state index contributed by atoms with van der Waals surface area (Å²) in [6.07, 6.45) is 6.11. The molecule has 0 N–H and O–H groups in total. The molecule has 0 saturated carbocycles. The van der Waals surface area contributed by atoms with E-state index in [1.54, 1.807) is 19.1 Å². The lowest BCUT2D eigenvalue weighted by Gasteiger charge is -2.24. The molecule has 0 radical (unpaired) electrons. The number of carbonyl (C=O) groups is 2. The molecule has 1 aromatic carbocycles. The number of methoxy groups -OCH3 is 2. The van der Waals surface area contributed by atoms with Gasteiger partial charge in [0.05, 0.1) is 25.5 Å². The molecular formula is C17H16FNO4S. The van der Waals surface area contributed by atoms with Gasteiger partial charge < -0.3 is 14.4 Å². The molecule has 0 aromatic heterocycles. The smallest absolute Gasteiger partial charge is 0.355 e. The van der Waals surface area contributed by atoms with Gasteiger partial charge in [-0.05, 0) is 36.8 Å². The summed E-state index contributed by atoms with van der Waals surface area (Å²) in [5, 5.41) is 0. The van der Waals surface area contributed by atoms with Crippen LogP contribution in [0.25, 0.3) is 0 Å². The van der Waals surface area contributed by atoms with Crippen LogP contribution in [0.15, 0.2) is 52.7 Å². The van der Waals surface area contributed by atoms with Crippen molar-refractivity contribution < 1.29 is 23.5 Å². The topological polar surface area (TPSA) is 55.8 Å². The van der Waals surface area contributed by atoms with Crippen LogP contribution in [0.5, 0.6) is 0 Å². The number of benzene rings is 1. The predicted molar refractivity (Wildman–Crippen MR) is 90.2 cm³/mol. The monoisotopic (exact) mass is 349 g/mol. The van der Waals surface area contributed by atoms with E-state index in [4.69, 9.17) is 9.47 Å². The van der Waals surface area contributed by atoms with E-state index in [-0.39, 0.29) is 11.3 Å². The summed E-state index contributed by atoms with van der Waals surface area (Å²) >= 11 is 4.35. The maximum atomic E-state index is 14.0. The lowest BCUT2D eigenvalue weighted by molar-refractivity contribution is -0.139. The number of halogens is 1. The predicted octanol–water partition coefficient (Wildman–Crippen LogP) is 2.91. The summed E-state index contributed by atoms with van der Waals surface area (Å²) in [5.74, 6) is -1.94. The van der Waals surface area contributed by atoms with Crippen LogP contribution in [0.1, 0.15) is 5.56 Å². The first-order valence-corrected chi connectivity index (χ1v) is 7.39. The normalized spacial score (nSPS) is 13.8. The van der Waals surface area contributed by atoms with Crippen molar-refractivity contribution in [3.05, 3.63) is 59.2 Å². The molecule has 1 aromatic rings. The maximum Gasteiger partial charge on any atom is 0.355 e. The van der Waals surface area contributed by atoms with E-state index in [2.05, 4.69) is 12.6 Å². The van der Waals surface area contributed by atoms with Crippen LogP contribution in [0, 0.1) is 12.7 Å². The highest BCUT2D eigenvalue weighted by Crippen LogP contribution is 2.33. The number of rotatable bonds is 3. The highest BCUT2D eigenvalue weighted by Gasteiger charge is 2.28. The minimum absolute atomic E-state index is 0.0110. The molecule has 2 rings (SSSR count). The molecule has 1 aliphatic heterocycles. The molecule has 24 heavy (non-hydrogen) atoms. The van der Waals surface area contributed by atoms with Gasteiger partial charge in [-0.3, -0.25) is 0 Å². The van der Waals surface area contributed by atoms with Crippen molar-refractivity contribution in [1.29, 1.82) is 0 Å². The van der Waals surface area contributed by atoms with Gasteiger partial charge in [-0.15, -0.1) is 12.6 Å². The van der Waals surface area contributed by atoms with Gasteiger partial charge in [-0.1, -0.05) is 6.08 Å². The highest BCUT2D eigenvalue weighted by atomic mass is 32.1. The van der Waals surface area contributed by atoms with Gasteiger partial charge in [0, 0.05) is 11.1 Å². The quantitative estimate of drug-likeness (QED) is 0.672. The third-order valence-corrected chi connectivity index (χ3v) is 3.76. The molecule has 0 amide bonds. The van der Waals surface area contributed by atoms with Crippen molar-refractivity contribution in [2.45, 2.75) is 11.8 Å². The maximum absolute atomic E-state index is 14.0. The van der Waals surface area contributed by atoms with Gasteiger partial charge in [-0.25, -0.2) is 14.0 Å². The molecule has 1 heterocycles. The molecule has 0 bridgehead atoms. The number of carbonyl (C=O) groups excluding carboxylic acids is 2. The Labute approximate surface area is 144 Å². The van der Waals surface area contributed by atoms with E-state index in [1.165, 1.54) is 43.5 Å². The number of aryl methyl sites for hydroxylation is 1. The average molecular weight is 349 g/mol. The highest BCUT2D eigenvalue weighted by molar-refractivity contribution is 7.80. The van der Waals surface area contributed by atoms with E-state index in [1.807, 2.05) is 0 Å². The van der Waals surface area contributed by atoms with Crippen LogP contribution < -0.4 is 4.90 Å². The van der Waals surface area contributed by atoms with Crippen LogP contribution >= 0.6 is 12.6 Å². The van der Waals surface area contributed by atoms with E-state index in [0.717, 1.165) is 0 Å². The molecule has 126 valence electrons. The largest absolute Gasteiger partial charge is 0.465 e. The fourth-order valence-electron chi connectivity index (χ4n) is 2.20. The first-order valence-electron chi connectivity index (χ1n) is 6.94. The average Bonchev–Trinajstić information content (AvgIpc) is 2.79. The molecule has 0 fully saturated rings. The summed E-state index contributed by atoms with van der Waals surface area (Å²) in [5.41, 5.74) is 0.608. The van der Waals surface area contributed by atoms with Gasteiger partial charge in [0.1, 0.15) is 11.5 Å². The summed E-state index contributed by atoms with van der Waals surface area (Å²) in [7, 11) is 2.40. The van der Waals surface area contributed by atoms with Gasteiger partial charge in [0.25, 0.3) is 0 Å². The fourth-order valence-corrected chi connectivity index (χ4v) is 2.57. The van der Waals surface area contributed by atoms with Gasteiger partial charge in [0.15, 0.2) is 0 Å². The van der Waals surface area contributed by atoms with E-state index in [0.29, 0.717) is 16.1 Å².